The number of nitrogens with one attached hydrogen (secondary N) is 2. The summed E-state index contributed by atoms with van der Waals surface area (Å²) >= 11 is 0. The number of benzene rings is 1. The Labute approximate surface area is 196 Å². The van der Waals surface area contributed by atoms with Gasteiger partial charge < -0.3 is 20.0 Å². The van der Waals surface area contributed by atoms with Crippen molar-refractivity contribution in [2.24, 2.45) is 5.92 Å². The normalized spacial score (nSPS) is 23.3. The van der Waals surface area contributed by atoms with Gasteiger partial charge in [-0.1, -0.05) is 6.07 Å². The lowest BCUT2D eigenvalue weighted by atomic mass is 9.87. The standard InChI is InChI=1S/C25H37N5O3/c1-28(2)23-15-20(19-9-13-29(14-10-19)16-18-7-11-26-12-8-18)3-4-21(23)30(17-31)22-5-6-24(32)27-25(22)33/h3-4,15,17-19,22,26H,5-14,16H2,1-2H3,(H,27,32,33). The first kappa shape index (κ1) is 23.7. The minimum Gasteiger partial charge on any atom is -0.376 e. The fourth-order valence-corrected chi connectivity index (χ4v) is 5.49. The van der Waals surface area contributed by atoms with Gasteiger partial charge in [-0.2, -0.15) is 0 Å². The summed E-state index contributed by atoms with van der Waals surface area (Å²) in [6.45, 7) is 5.78. The maximum Gasteiger partial charge on any atom is 0.249 e. The molecule has 0 radical (unpaired) electrons. The zero-order chi connectivity index (χ0) is 23.4. The number of piperidine rings is 3. The van der Waals surface area contributed by atoms with Crippen LogP contribution in [0, 0.1) is 5.92 Å². The number of amides is 3. The zero-order valence-corrected chi connectivity index (χ0v) is 19.9. The largest absolute Gasteiger partial charge is 0.376 e. The number of likely N-dealkylation sites (tertiary alicyclic amines) is 1. The van der Waals surface area contributed by atoms with E-state index in [1.165, 1.54) is 29.8 Å². The van der Waals surface area contributed by atoms with E-state index in [9.17, 15) is 14.4 Å². The van der Waals surface area contributed by atoms with Gasteiger partial charge in [0.2, 0.25) is 18.2 Å². The molecule has 3 saturated heterocycles. The van der Waals surface area contributed by atoms with Crippen molar-refractivity contribution in [3.8, 4) is 0 Å². The van der Waals surface area contributed by atoms with E-state index in [1.54, 1.807) is 0 Å². The summed E-state index contributed by atoms with van der Waals surface area (Å²) in [6, 6.07) is 5.58. The molecule has 0 saturated carbocycles. The predicted molar refractivity (Wildman–Crippen MR) is 129 cm³/mol. The zero-order valence-electron chi connectivity index (χ0n) is 19.9. The molecule has 1 unspecified atom stereocenters. The molecule has 3 aliphatic heterocycles. The third-order valence-electron chi connectivity index (χ3n) is 7.45. The van der Waals surface area contributed by atoms with Crippen LogP contribution in [0.25, 0.3) is 0 Å². The van der Waals surface area contributed by atoms with E-state index in [-0.39, 0.29) is 12.3 Å². The van der Waals surface area contributed by atoms with Gasteiger partial charge in [0.05, 0.1) is 11.4 Å². The molecule has 3 heterocycles. The third kappa shape index (κ3) is 5.55. The van der Waals surface area contributed by atoms with Gasteiger partial charge in [0, 0.05) is 27.1 Å². The van der Waals surface area contributed by atoms with Crippen LogP contribution in [0.15, 0.2) is 18.2 Å². The monoisotopic (exact) mass is 455 g/mol. The number of hydrogen-bond donors (Lipinski definition) is 2. The highest BCUT2D eigenvalue weighted by molar-refractivity contribution is 6.04. The molecular weight excluding hydrogens is 418 g/mol. The predicted octanol–water partition coefficient (Wildman–Crippen LogP) is 1.70. The number of nitrogens with zero attached hydrogens (tertiary/aromatic N) is 3. The Bertz CT molecular complexity index is 860. The maximum atomic E-state index is 12.4. The topological polar surface area (TPSA) is 85.0 Å². The fraction of sp³-hybridized carbons (Fsp3) is 0.640. The van der Waals surface area contributed by atoms with Crippen LogP contribution in [0.5, 0.6) is 0 Å². The Morgan fingerprint density at radius 3 is 2.39 bits per heavy atom. The molecule has 1 aromatic carbocycles. The molecule has 0 aromatic heterocycles. The van der Waals surface area contributed by atoms with Gasteiger partial charge in [-0.3, -0.25) is 19.7 Å². The van der Waals surface area contributed by atoms with E-state index in [2.05, 4.69) is 27.7 Å². The van der Waals surface area contributed by atoms with Crippen LogP contribution in [-0.4, -0.2) is 76.0 Å². The molecule has 0 spiro atoms. The van der Waals surface area contributed by atoms with E-state index >= 15 is 0 Å². The number of rotatable bonds is 7. The van der Waals surface area contributed by atoms with E-state index in [0.29, 0.717) is 24.4 Å². The maximum absolute atomic E-state index is 12.4. The van der Waals surface area contributed by atoms with Crippen molar-refractivity contribution in [1.29, 1.82) is 0 Å². The third-order valence-corrected chi connectivity index (χ3v) is 7.45. The van der Waals surface area contributed by atoms with E-state index in [1.807, 2.05) is 25.1 Å². The molecule has 0 bridgehead atoms. The molecule has 0 aliphatic carbocycles. The van der Waals surface area contributed by atoms with Crippen molar-refractivity contribution in [2.75, 3.05) is 56.6 Å². The summed E-state index contributed by atoms with van der Waals surface area (Å²) in [6.07, 6.45) is 6.15. The van der Waals surface area contributed by atoms with Gasteiger partial charge in [-0.25, -0.2) is 0 Å². The highest BCUT2D eigenvalue weighted by Gasteiger charge is 2.33. The lowest BCUT2D eigenvalue weighted by molar-refractivity contribution is -0.134. The summed E-state index contributed by atoms with van der Waals surface area (Å²) in [4.78, 5) is 42.1. The lowest BCUT2D eigenvalue weighted by Gasteiger charge is -2.36. The summed E-state index contributed by atoms with van der Waals surface area (Å²) < 4.78 is 0. The summed E-state index contributed by atoms with van der Waals surface area (Å²) in [5, 5.41) is 5.81. The second kappa shape index (κ2) is 10.7. The first-order chi connectivity index (χ1) is 16.0. The highest BCUT2D eigenvalue weighted by atomic mass is 16.2. The second-order valence-electron chi connectivity index (χ2n) is 9.89. The van der Waals surface area contributed by atoms with Crippen LogP contribution in [0.3, 0.4) is 0 Å². The molecule has 33 heavy (non-hydrogen) atoms. The number of anilines is 2. The summed E-state index contributed by atoms with van der Waals surface area (Å²) in [5.74, 6) is 0.636. The smallest absolute Gasteiger partial charge is 0.249 e. The van der Waals surface area contributed by atoms with Crippen LogP contribution in [0.4, 0.5) is 11.4 Å². The van der Waals surface area contributed by atoms with E-state index in [0.717, 1.165) is 50.6 Å². The SMILES string of the molecule is CN(C)c1cc(C2CCN(CC3CCNCC3)CC2)ccc1N(C=O)C1CCC(=O)NC1=O. The van der Waals surface area contributed by atoms with Crippen LogP contribution in [-0.2, 0) is 14.4 Å². The van der Waals surface area contributed by atoms with Crippen molar-refractivity contribution in [3.63, 3.8) is 0 Å². The van der Waals surface area contributed by atoms with Crippen LogP contribution in [0.1, 0.15) is 50.0 Å². The van der Waals surface area contributed by atoms with Crippen molar-refractivity contribution in [1.82, 2.24) is 15.5 Å². The lowest BCUT2D eigenvalue weighted by Crippen LogP contribution is -2.52. The molecule has 3 fully saturated rings. The molecule has 4 rings (SSSR count). The summed E-state index contributed by atoms with van der Waals surface area (Å²) in [7, 11) is 3.91. The van der Waals surface area contributed by atoms with Gasteiger partial charge in [0.25, 0.3) is 0 Å². The van der Waals surface area contributed by atoms with Gasteiger partial charge in [0.1, 0.15) is 6.04 Å². The average molecular weight is 456 g/mol. The molecule has 8 nitrogen and oxygen atoms in total. The molecule has 8 heteroatoms. The van der Waals surface area contributed by atoms with Crippen LogP contribution >= 0.6 is 0 Å². The Morgan fingerprint density at radius 2 is 1.76 bits per heavy atom. The van der Waals surface area contributed by atoms with Gasteiger partial charge in [0.15, 0.2) is 0 Å². The quantitative estimate of drug-likeness (QED) is 0.481. The number of carbonyl (C=O) groups excluding carboxylic acids is 3. The fourth-order valence-electron chi connectivity index (χ4n) is 5.49. The van der Waals surface area contributed by atoms with E-state index in [4.69, 9.17) is 0 Å². The Hall–Kier alpha value is -2.45. The van der Waals surface area contributed by atoms with Crippen LogP contribution in [0.2, 0.25) is 0 Å². The average Bonchev–Trinajstić information content (AvgIpc) is 2.82. The molecule has 1 aromatic rings. The minimum atomic E-state index is -0.664. The second-order valence-corrected chi connectivity index (χ2v) is 9.89. The minimum absolute atomic E-state index is 0.242. The van der Waals surface area contributed by atoms with Crippen molar-refractivity contribution >= 4 is 29.6 Å². The number of imide groups is 1. The highest BCUT2D eigenvalue weighted by Crippen LogP contribution is 2.36. The number of carbonyl (C=O) groups is 3. The Morgan fingerprint density at radius 1 is 1.03 bits per heavy atom. The van der Waals surface area contributed by atoms with Crippen molar-refractivity contribution < 1.29 is 14.4 Å². The van der Waals surface area contributed by atoms with Crippen molar-refractivity contribution in [2.45, 2.75) is 50.5 Å². The first-order valence-electron chi connectivity index (χ1n) is 12.3. The molecule has 1 atom stereocenters. The van der Waals surface area contributed by atoms with Gasteiger partial charge in [-0.05, 0) is 87.8 Å². The summed E-state index contributed by atoms with van der Waals surface area (Å²) in [5.41, 5.74) is 2.91. The van der Waals surface area contributed by atoms with Crippen molar-refractivity contribution in [3.05, 3.63) is 23.8 Å². The van der Waals surface area contributed by atoms with Gasteiger partial charge in [-0.15, -0.1) is 0 Å². The molecule has 3 amide bonds. The molecular formula is C25H37N5O3. The first-order valence-corrected chi connectivity index (χ1v) is 12.3. The number of hydrogen-bond acceptors (Lipinski definition) is 6. The van der Waals surface area contributed by atoms with E-state index < -0.39 is 11.9 Å². The Kier molecular flexibility index (Phi) is 7.65. The molecule has 3 aliphatic rings. The van der Waals surface area contributed by atoms with Crippen LogP contribution < -0.4 is 20.4 Å². The molecule has 2 N–H and O–H groups in total. The van der Waals surface area contributed by atoms with Gasteiger partial charge >= 0.3 is 0 Å². The Balaban J connectivity index is 1.45. The molecule has 180 valence electrons.